The minimum atomic E-state index is -0.230. The Hall–Kier alpha value is -0.860. The van der Waals surface area contributed by atoms with Crippen molar-refractivity contribution in [2.75, 3.05) is 0 Å². The van der Waals surface area contributed by atoms with Gasteiger partial charge in [0.05, 0.1) is 0 Å². The Labute approximate surface area is 73.3 Å². The first kappa shape index (κ1) is 9.23. The summed E-state index contributed by atoms with van der Waals surface area (Å²) in [6.07, 6.45) is 2.89. The van der Waals surface area contributed by atoms with Crippen molar-refractivity contribution in [2.24, 2.45) is 4.99 Å². The fraction of sp³-hybridized carbons (Fsp3) is 0.778. The maximum absolute atomic E-state index is 11.4. The Morgan fingerprint density at radius 3 is 2.92 bits per heavy atom. The van der Waals surface area contributed by atoms with Crippen molar-refractivity contribution in [2.45, 2.75) is 44.7 Å². The van der Waals surface area contributed by atoms with E-state index in [-0.39, 0.29) is 17.5 Å². The van der Waals surface area contributed by atoms with Crippen molar-refractivity contribution >= 4 is 12.6 Å². The van der Waals surface area contributed by atoms with Gasteiger partial charge >= 0.3 is 0 Å². The quantitative estimate of drug-likeness (QED) is 0.586. The molecule has 0 aromatic heterocycles. The lowest BCUT2D eigenvalue weighted by atomic mass is 9.99. The van der Waals surface area contributed by atoms with Crippen LogP contribution in [0.3, 0.4) is 0 Å². The van der Waals surface area contributed by atoms with E-state index in [0.717, 1.165) is 19.3 Å². The zero-order valence-corrected chi connectivity index (χ0v) is 7.76. The van der Waals surface area contributed by atoms with E-state index in [4.69, 9.17) is 0 Å². The standard InChI is InChI=1S/C9H16N2O/c1-9(2)6-4-5-7(10-3)8(12)11-9/h7H,3-6H2,1-2H3,(H,11,12). The molecular formula is C9H16N2O. The summed E-state index contributed by atoms with van der Waals surface area (Å²) in [5.41, 5.74) is -0.0729. The highest BCUT2D eigenvalue weighted by Gasteiger charge is 2.28. The molecule has 0 aliphatic carbocycles. The molecule has 1 aliphatic rings. The SMILES string of the molecule is C=NC1CCCC(C)(C)NC1=O. The average Bonchev–Trinajstić information content (AvgIpc) is 2.07. The summed E-state index contributed by atoms with van der Waals surface area (Å²) in [6.45, 7) is 7.49. The van der Waals surface area contributed by atoms with Gasteiger partial charge in [-0.25, -0.2) is 0 Å². The van der Waals surface area contributed by atoms with Crippen molar-refractivity contribution in [1.82, 2.24) is 5.32 Å². The van der Waals surface area contributed by atoms with Crippen molar-refractivity contribution in [3.05, 3.63) is 0 Å². The van der Waals surface area contributed by atoms with Crippen molar-refractivity contribution in [3.63, 3.8) is 0 Å². The Bertz CT molecular complexity index is 199. The summed E-state index contributed by atoms with van der Waals surface area (Å²) in [7, 11) is 0. The predicted octanol–water partition coefficient (Wildman–Crippen LogP) is 1.13. The molecule has 0 saturated carbocycles. The van der Waals surface area contributed by atoms with Crippen LogP contribution in [-0.4, -0.2) is 24.2 Å². The van der Waals surface area contributed by atoms with Crippen LogP contribution in [0.15, 0.2) is 4.99 Å². The molecule has 0 spiro atoms. The molecule has 3 heteroatoms. The third kappa shape index (κ3) is 2.06. The minimum Gasteiger partial charge on any atom is -0.349 e. The van der Waals surface area contributed by atoms with Crippen LogP contribution in [0, 0.1) is 0 Å². The molecule has 0 radical (unpaired) electrons. The molecule has 1 N–H and O–H groups in total. The third-order valence-corrected chi connectivity index (χ3v) is 2.26. The number of nitrogens with zero attached hydrogens (tertiary/aromatic N) is 1. The molecule has 1 aliphatic heterocycles. The van der Waals surface area contributed by atoms with Gasteiger partial charge in [0.25, 0.3) is 0 Å². The fourth-order valence-corrected chi connectivity index (χ4v) is 1.52. The Morgan fingerprint density at radius 2 is 2.33 bits per heavy atom. The van der Waals surface area contributed by atoms with Gasteiger partial charge in [-0.1, -0.05) is 0 Å². The number of amides is 1. The smallest absolute Gasteiger partial charge is 0.245 e. The van der Waals surface area contributed by atoms with Gasteiger partial charge in [0.2, 0.25) is 5.91 Å². The molecule has 1 atom stereocenters. The molecule has 68 valence electrons. The van der Waals surface area contributed by atoms with Crippen molar-refractivity contribution in [3.8, 4) is 0 Å². The summed E-state index contributed by atoms with van der Waals surface area (Å²) in [5.74, 6) is 0.0208. The maximum Gasteiger partial charge on any atom is 0.245 e. The van der Waals surface area contributed by atoms with E-state index in [1.54, 1.807) is 0 Å². The van der Waals surface area contributed by atoms with Crippen LogP contribution in [0.2, 0.25) is 0 Å². The zero-order valence-electron chi connectivity index (χ0n) is 7.76. The Balaban J connectivity index is 2.68. The second kappa shape index (κ2) is 3.25. The number of hydrogen-bond donors (Lipinski definition) is 1. The van der Waals surface area contributed by atoms with Gasteiger partial charge in [-0.3, -0.25) is 9.79 Å². The maximum atomic E-state index is 11.4. The summed E-state index contributed by atoms with van der Waals surface area (Å²) in [6, 6.07) is -0.230. The number of rotatable bonds is 1. The van der Waals surface area contributed by atoms with Crippen LogP contribution in [0.25, 0.3) is 0 Å². The molecule has 12 heavy (non-hydrogen) atoms. The highest BCUT2D eigenvalue weighted by atomic mass is 16.2. The van der Waals surface area contributed by atoms with Crippen LogP contribution < -0.4 is 5.32 Å². The van der Waals surface area contributed by atoms with Crippen LogP contribution >= 0.6 is 0 Å². The Kier molecular flexibility index (Phi) is 2.50. The first-order valence-electron chi connectivity index (χ1n) is 4.33. The third-order valence-electron chi connectivity index (χ3n) is 2.26. The van der Waals surface area contributed by atoms with E-state index < -0.39 is 0 Å². The fourth-order valence-electron chi connectivity index (χ4n) is 1.52. The highest BCUT2D eigenvalue weighted by molar-refractivity contribution is 5.83. The number of nitrogens with one attached hydrogen (secondary N) is 1. The van der Waals surface area contributed by atoms with E-state index in [9.17, 15) is 4.79 Å². The Morgan fingerprint density at radius 1 is 1.67 bits per heavy atom. The first-order valence-corrected chi connectivity index (χ1v) is 4.33. The average molecular weight is 168 g/mol. The van der Waals surface area contributed by atoms with E-state index in [0.29, 0.717) is 0 Å². The van der Waals surface area contributed by atoms with Crippen LogP contribution in [0.5, 0.6) is 0 Å². The molecule has 3 nitrogen and oxygen atoms in total. The van der Waals surface area contributed by atoms with E-state index in [1.807, 2.05) is 13.8 Å². The van der Waals surface area contributed by atoms with Crippen molar-refractivity contribution in [1.29, 1.82) is 0 Å². The number of hydrogen-bond acceptors (Lipinski definition) is 2. The summed E-state index contributed by atoms with van der Waals surface area (Å²) in [5, 5.41) is 2.95. The summed E-state index contributed by atoms with van der Waals surface area (Å²) < 4.78 is 0. The monoisotopic (exact) mass is 168 g/mol. The number of carbonyl (C=O) groups is 1. The number of carbonyl (C=O) groups excluding carboxylic acids is 1. The lowest BCUT2D eigenvalue weighted by molar-refractivity contribution is -0.123. The highest BCUT2D eigenvalue weighted by Crippen LogP contribution is 2.19. The largest absolute Gasteiger partial charge is 0.349 e. The van der Waals surface area contributed by atoms with E-state index >= 15 is 0 Å². The van der Waals surface area contributed by atoms with Gasteiger partial charge in [-0.05, 0) is 39.8 Å². The second-order valence-corrected chi connectivity index (χ2v) is 3.96. The zero-order chi connectivity index (χ0) is 9.19. The molecule has 1 heterocycles. The van der Waals surface area contributed by atoms with Gasteiger partial charge in [0.1, 0.15) is 6.04 Å². The molecule has 1 rings (SSSR count). The van der Waals surface area contributed by atoms with Crippen LogP contribution in [0.4, 0.5) is 0 Å². The number of aliphatic imine (C=N–C) groups is 1. The summed E-state index contributed by atoms with van der Waals surface area (Å²) in [4.78, 5) is 15.2. The van der Waals surface area contributed by atoms with Gasteiger partial charge in [0, 0.05) is 5.54 Å². The molecule has 0 aromatic rings. The molecule has 1 unspecified atom stereocenters. The van der Waals surface area contributed by atoms with Gasteiger partial charge in [0.15, 0.2) is 0 Å². The lowest BCUT2D eigenvalue weighted by Gasteiger charge is -2.23. The second-order valence-electron chi connectivity index (χ2n) is 3.96. The minimum absolute atomic E-state index is 0.0208. The van der Waals surface area contributed by atoms with Gasteiger partial charge in [-0.2, -0.15) is 0 Å². The predicted molar refractivity (Wildman–Crippen MR) is 49.4 cm³/mol. The molecular weight excluding hydrogens is 152 g/mol. The van der Waals surface area contributed by atoms with Gasteiger partial charge < -0.3 is 5.32 Å². The summed E-state index contributed by atoms with van der Waals surface area (Å²) >= 11 is 0. The van der Waals surface area contributed by atoms with Crippen LogP contribution in [-0.2, 0) is 4.79 Å². The molecule has 1 amide bonds. The van der Waals surface area contributed by atoms with E-state index in [1.165, 1.54) is 0 Å². The van der Waals surface area contributed by atoms with Crippen molar-refractivity contribution < 1.29 is 4.79 Å². The molecule has 1 saturated heterocycles. The van der Waals surface area contributed by atoms with Crippen LogP contribution in [0.1, 0.15) is 33.1 Å². The molecule has 1 fully saturated rings. The normalized spacial score (nSPS) is 28.8. The molecule has 0 aromatic carbocycles. The topological polar surface area (TPSA) is 41.5 Å². The lowest BCUT2D eigenvalue weighted by Crippen LogP contribution is -2.44. The van der Waals surface area contributed by atoms with E-state index in [2.05, 4.69) is 17.0 Å². The first-order chi connectivity index (χ1) is 5.55. The van der Waals surface area contributed by atoms with Gasteiger partial charge in [-0.15, -0.1) is 0 Å². The molecule has 0 bridgehead atoms.